The molecule has 6 nitrogen and oxygen atoms in total. The van der Waals surface area contributed by atoms with Crippen molar-refractivity contribution in [2.24, 2.45) is 0 Å². The minimum Gasteiger partial charge on any atom is -0.490 e. The Bertz CT molecular complexity index is 984. The van der Waals surface area contributed by atoms with Crippen LogP contribution >= 0.6 is 0 Å². The molecule has 0 saturated carbocycles. The van der Waals surface area contributed by atoms with Crippen LogP contribution in [0.4, 0.5) is 8.78 Å². The number of aromatic nitrogens is 3. The van der Waals surface area contributed by atoms with E-state index in [1.807, 2.05) is 24.3 Å². The van der Waals surface area contributed by atoms with E-state index >= 15 is 0 Å². The minimum absolute atomic E-state index is 0.133. The second-order valence-electron chi connectivity index (χ2n) is 8.04. The van der Waals surface area contributed by atoms with Crippen molar-refractivity contribution in [1.29, 1.82) is 0 Å². The van der Waals surface area contributed by atoms with Crippen molar-refractivity contribution in [2.75, 3.05) is 19.7 Å². The molecule has 2 aliphatic rings. The van der Waals surface area contributed by atoms with Gasteiger partial charge < -0.3 is 18.6 Å². The Balaban J connectivity index is 1.19. The van der Waals surface area contributed by atoms with Gasteiger partial charge in [-0.25, -0.2) is 13.8 Å². The highest BCUT2D eigenvalue weighted by Crippen LogP contribution is 2.29. The first kappa shape index (κ1) is 19.5. The van der Waals surface area contributed by atoms with Crippen molar-refractivity contribution in [2.45, 2.75) is 51.6 Å². The van der Waals surface area contributed by atoms with Crippen molar-refractivity contribution in [1.82, 2.24) is 19.0 Å². The van der Waals surface area contributed by atoms with E-state index in [4.69, 9.17) is 14.5 Å². The van der Waals surface area contributed by atoms with Gasteiger partial charge in [0.05, 0.1) is 24.4 Å². The summed E-state index contributed by atoms with van der Waals surface area (Å²) in [6.07, 6.45) is 3.49. The number of halogens is 2. The quantitative estimate of drug-likeness (QED) is 0.615. The van der Waals surface area contributed by atoms with E-state index in [1.165, 1.54) is 0 Å². The lowest BCUT2D eigenvalue weighted by Crippen LogP contribution is -2.37. The highest BCUT2D eigenvalue weighted by Gasteiger charge is 2.23. The molecule has 4 heterocycles. The predicted octanol–water partition coefficient (Wildman–Crippen LogP) is 3.68. The lowest BCUT2D eigenvalue weighted by atomic mass is 10.1. The first-order valence-corrected chi connectivity index (χ1v) is 10.5. The number of likely N-dealkylation sites (tertiary alicyclic amines) is 1. The molecular weight excluding hydrogens is 390 g/mol. The lowest BCUT2D eigenvalue weighted by Gasteiger charge is -2.31. The van der Waals surface area contributed by atoms with E-state index in [0.29, 0.717) is 6.61 Å². The number of rotatable bonds is 6. The molecule has 160 valence electrons. The van der Waals surface area contributed by atoms with Crippen LogP contribution in [0.1, 0.15) is 24.4 Å². The zero-order valence-corrected chi connectivity index (χ0v) is 16.8. The van der Waals surface area contributed by atoms with Crippen LogP contribution in [-0.2, 0) is 31.0 Å². The fraction of sp³-hybridized carbons (Fsp3) is 0.500. The number of hydrogen-bond donors (Lipinski definition) is 0. The van der Waals surface area contributed by atoms with Crippen LogP contribution < -0.4 is 4.74 Å². The molecule has 0 unspecified atom stereocenters. The van der Waals surface area contributed by atoms with Gasteiger partial charge >= 0.3 is 0 Å². The van der Waals surface area contributed by atoms with E-state index < -0.39 is 6.43 Å². The van der Waals surface area contributed by atoms with Gasteiger partial charge in [0.15, 0.2) is 0 Å². The normalized spacial score (nSPS) is 18.2. The molecule has 8 heteroatoms. The molecule has 0 N–H and O–H groups in total. The monoisotopic (exact) mass is 416 g/mol. The maximum atomic E-state index is 12.8. The van der Waals surface area contributed by atoms with Crippen LogP contribution in [0, 0.1) is 0 Å². The van der Waals surface area contributed by atoms with Crippen LogP contribution in [0.25, 0.3) is 10.9 Å². The highest BCUT2D eigenvalue weighted by atomic mass is 19.3. The summed E-state index contributed by atoms with van der Waals surface area (Å²) in [5, 5.41) is 0.895. The van der Waals surface area contributed by atoms with Crippen molar-refractivity contribution < 1.29 is 18.3 Å². The fourth-order valence-electron chi connectivity index (χ4n) is 4.42. The lowest BCUT2D eigenvalue weighted by molar-refractivity contribution is 0.0815. The molecule has 0 spiro atoms. The molecule has 0 radical (unpaired) electrons. The summed E-state index contributed by atoms with van der Waals surface area (Å²) in [4.78, 5) is 7.11. The first-order chi connectivity index (χ1) is 14.7. The predicted molar refractivity (Wildman–Crippen MR) is 109 cm³/mol. The van der Waals surface area contributed by atoms with E-state index in [0.717, 1.165) is 73.8 Å². The van der Waals surface area contributed by atoms with Crippen LogP contribution in [0.5, 0.6) is 5.75 Å². The minimum atomic E-state index is -2.37. The molecule has 0 bridgehead atoms. The third kappa shape index (κ3) is 4.06. The van der Waals surface area contributed by atoms with Gasteiger partial charge in [-0.2, -0.15) is 0 Å². The number of fused-ring (bicyclic) bond motifs is 2. The van der Waals surface area contributed by atoms with Gasteiger partial charge in [-0.05, 0) is 31.0 Å². The summed E-state index contributed by atoms with van der Waals surface area (Å²) in [7, 11) is 0. The number of imidazole rings is 1. The Morgan fingerprint density at radius 3 is 2.83 bits per heavy atom. The fourth-order valence-corrected chi connectivity index (χ4v) is 4.42. The molecule has 1 saturated heterocycles. The van der Waals surface area contributed by atoms with Gasteiger partial charge in [0.2, 0.25) is 0 Å². The maximum Gasteiger partial charge on any atom is 0.256 e. The average Bonchev–Trinajstić information content (AvgIpc) is 3.33. The largest absolute Gasteiger partial charge is 0.490 e. The van der Waals surface area contributed by atoms with Crippen LogP contribution in [-0.4, -0.2) is 51.2 Å². The van der Waals surface area contributed by atoms with E-state index in [-0.39, 0.29) is 12.6 Å². The van der Waals surface area contributed by atoms with Gasteiger partial charge in [0, 0.05) is 44.0 Å². The zero-order valence-electron chi connectivity index (χ0n) is 16.8. The summed E-state index contributed by atoms with van der Waals surface area (Å²) in [6.45, 7) is 4.68. The van der Waals surface area contributed by atoms with Crippen LogP contribution in [0.3, 0.4) is 0 Å². The molecule has 1 aromatic carbocycles. The Hall–Kier alpha value is -2.45. The van der Waals surface area contributed by atoms with Crippen molar-refractivity contribution in [3.63, 3.8) is 0 Å². The Kier molecular flexibility index (Phi) is 5.43. The van der Waals surface area contributed by atoms with Gasteiger partial charge in [-0.3, -0.25) is 4.90 Å². The van der Waals surface area contributed by atoms with Crippen molar-refractivity contribution >= 4 is 10.9 Å². The van der Waals surface area contributed by atoms with E-state index in [1.54, 1.807) is 10.8 Å². The maximum absolute atomic E-state index is 12.8. The molecule has 0 aliphatic carbocycles. The van der Waals surface area contributed by atoms with Crippen LogP contribution in [0.15, 0.2) is 36.7 Å². The first-order valence-electron chi connectivity index (χ1n) is 10.5. The van der Waals surface area contributed by atoms with Crippen LogP contribution in [0.2, 0.25) is 0 Å². The van der Waals surface area contributed by atoms with Gasteiger partial charge in [-0.1, -0.05) is 6.07 Å². The molecule has 3 aromatic rings. The molecule has 2 aromatic heterocycles. The summed E-state index contributed by atoms with van der Waals surface area (Å²) >= 11 is 0. The topological polar surface area (TPSA) is 44.5 Å². The number of piperidine rings is 1. The Labute approximate surface area is 174 Å². The summed E-state index contributed by atoms with van der Waals surface area (Å²) < 4.78 is 41.1. The number of alkyl halides is 2. The molecule has 5 rings (SSSR count). The third-order valence-corrected chi connectivity index (χ3v) is 5.94. The number of benzene rings is 1. The smallest absolute Gasteiger partial charge is 0.256 e. The molecule has 30 heavy (non-hydrogen) atoms. The third-order valence-electron chi connectivity index (χ3n) is 5.94. The summed E-state index contributed by atoms with van der Waals surface area (Å²) in [5.74, 6) is 1.79. The van der Waals surface area contributed by atoms with Crippen molar-refractivity contribution in [3.8, 4) is 5.75 Å². The molecule has 0 atom stereocenters. The zero-order chi connectivity index (χ0) is 20.5. The molecular formula is C22H26F2N4O2. The SMILES string of the molecule is FC(F)Cn1ccc2c(OC3CCN(Cc4cn5c(n4)COCC5)CC3)cccc21. The highest BCUT2D eigenvalue weighted by molar-refractivity contribution is 5.86. The second-order valence-corrected chi connectivity index (χ2v) is 8.04. The van der Waals surface area contributed by atoms with Gasteiger partial charge in [-0.15, -0.1) is 0 Å². The Morgan fingerprint density at radius 2 is 2.03 bits per heavy atom. The number of hydrogen-bond acceptors (Lipinski definition) is 4. The Morgan fingerprint density at radius 1 is 1.17 bits per heavy atom. The molecule has 1 fully saturated rings. The van der Waals surface area contributed by atoms with E-state index in [2.05, 4.69) is 15.7 Å². The average molecular weight is 416 g/mol. The van der Waals surface area contributed by atoms with E-state index in [9.17, 15) is 8.78 Å². The standard InChI is InChI=1S/C22H26F2N4O2/c23-21(24)14-27-9-6-18-19(27)2-1-3-20(18)30-17-4-7-26(8-5-17)12-16-13-28-10-11-29-15-22(28)25-16/h1-3,6,9,13,17,21H,4-5,7-8,10-12,14-15H2. The molecule has 0 amide bonds. The van der Waals surface area contributed by atoms with Crippen molar-refractivity contribution in [3.05, 3.63) is 48.2 Å². The second kappa shape index (κ2) is 8.35. The summed E-state index contributed by atoms with van der Waals surface area (Å²) in [5.41, 5.74) is 1.89. The van der Waals surface area contributed by atoms with Gasteiger partial charge in [0.1, 0.15) is 24.3 Å². The molecule has 2 aliphatic heterocycles. The summed E-state index contributed by atoms with van der Waals surface area (Å²) in [6, 6.07) is 7.53. The van der Waals surface area contributed by atoms with Gasteiger partial charge in [0.25, 0.3) is 6.43 Å². The number of nitrogens with zero attached hydrogens (tertiary/aromatic N) is 4. The number of ether oxygens (including phenoxy) is 2.